The average molecular weight is 404 g/mol. The first-order chi connectivity index (χ1) is 14.6. The number of methoxy groups -OCH3 is 1. The van der Waals surface area contributed by atoms with Crippen LogP contribution in [0.3, 0.4) is 0 Å². The standard InChI is InChI=1S/C25H25FN2O2/c1-30-22-12-10-18(11-13-22)17-25(29)28-14-4-9-24(28)23-8-3-7-21(27-23)16-19-5-2-6-20(26)15-19/h2-3,5-8,10-13,15,24H,4,9,14,16-17H2,1H3. The van der Waals surface area contributed by atoms with Crippen molar-refractivity contribution in [3.05, 3.63) is 95.1 Å². The van der Waals surface area contributed by atoms with E-state index in [4.69, 9.17) is 9.72 Å². The number of hydrogen-bond acceptors (Lipinski definition) is 3. The van der Waals surface area contributed by atoms with E-state index in [-0.39, 0.29) is 17.8 Å². The van der Waals surface area contributed by atoms with E-state index < -0.39 is 0 Å². The maximum absolute atomic E-state index is 13.5. The predicted molar refractivity (Wildman–Crippen MR) is 114 cm³/mol. The summed E-state index contributed by atoms with van der Waals surface area (Å²) >= 11 is 0. The van der Waals surface area contributed by atoms with Crippen LogP contribution >= 0.6 is 0 Å². The second kappa shape index (κ2) is 9.08. The van der Waals surface area contributed by atoms with E-state index in [0.29, 0.717) is 12.8 Å². The van der Waals surface area contributed by atoms with E-state index in [1.54, 1.807) is 13.2 Å². The summed E-state index contributed by atoms with van der Waals surface area (Å²) in [6, 6.07) is 20.1. The van der Waals surface area contributed by atoms with Crippen LogP contribution in [0.1, 0.15) is 41.4 Å². The van der Waals surface area contributed by atoms with Gasteiger partial charge in [0.1, 0.15) is 11.6 Å². The van der Waals surface area contributed by atoms with Crippen LogP contribution in [0.15, 0.2) is 66.7 Å². The molecule has 1 amide bonds. The van der Waals surface area contributed by atoms with Crippen LogP contribution in [0.25, 0.3) is 0 Å². The van der Waals surface area contributed by atoms with Gasteiger partial charge in [-0.1, -0.05) is 30.3 Å². The number of hydrogen-bond donors (Lipinski definition) is 0. The second-order valence-corrected chi connectivity index (χ2v) is 7.63. The first kappa shape index (κ1) is 20.1. The number of benzene rings is 2. The van der Waals surface area contributed by atoms with E-state index >= 15 is 0 Å². The maximum Gasteiger partial charge on any atom is 0.227 e. The lowest BCUT2D eigenvalue weighted by atomic mass is 10.1. The van der Waals surface area contributed by atoms with Crippen molar-refractivity contribution in [1.29, 1.82) is 0 Å². The molecule has 30 heavy (non-hydrogen) atoms. The van der Waals surface area contributed by atoms with Gasteiger partial charge in [0.25, 0.3) is 0 Å². The third-order valence-electron chi connectivity index (χ3n) is 5.53. The molecule has 1 fully saturated rings. The monoisotopic (exact) mass is 404 g/mol. The Bertz CT molecular complexity index is 1020. The summed E-state index contributed by atoms with van der Waals surface area (Å²) in [7, 11) is 1.63. The minimum Gasteiger partial charge on any atom is -0.497 e. The van der Waals surface area contributed by atoms with Gasteiger partial charge < -0.3 is 9.64 Å². The molecule has 0 spiro atoms. The van der Waals surface area contributed by atoms with Crippen molar-refractivity contribution in [2.45, 2.75) is 31.7 Å². The molecule has 0 aliphatic carbocycles. The van der Waals surface area contributed by atoms with Crippen molar-refractivity contribution in [3.8, 4) is 5.75 Å². The van der Waals surface area contributed by atoms with Crippen LogP contribution in [0, 0.1) is 5.82 Å². The highest BCUT2D eigenvalue weighted by atomic mass is 19.1. The van der Waals surface area contributed by atoms with E-state index in [1.807, 2.05) is 53.4 Å². The summed E-state index contributed by atoms with van der Waals surface area (Å²) in [5.41, 5.74) is 3.65. The number of amides is 1. The summed E-state index contributed by atoms with van der Waals surface area (Å²) in [5.74, 6) is 0.652. The van der Waals surface area contributed by atoms with Crippen LogP contribution in [0.2, 0.25) is 0 Å². The fraction of sp³-hybridized carbons (Fsp3) is 0.280. The predicted octanol–water partition coefficient (Wildman–Crippen LogP) is 4.73. The molecule has 1 aromatic heterocycles. The number of likely N-dealkylation sites (tertiary alicyclic amines) is 1. The molecular weight excluding hydrogens is 379 g/mol. The van der Waals surface area contributed by atoms with Crippen LogP contribution in [0.4, 0.5) is 4.39 Å². The van der Waals surface area contributed by atoms with E-state index in [1.165, 1.54) is 12.1 Å². The first-order valence-corrected chi connectivity index (χ1v) is 10.2. The molecule has 0 radical (unpaired) electrons. The zero-order valence-electron chi connectivity index (χ0n) is 17.1. The fourth-order valence-electron chi connectivity index (χ4n) is 4.03. The van der Waals surface area contributed by atoms with Crippen molar-refractivity contribution >= 4 is 5.91 Å². The number of pyridine rings is 1. The largest absolute Gasteiger partial charge is 0.497 e. The molecule has 0 bridgehead atoms. The number of nitrogens with zero attached hydrogens (tertiary/aromatic N) is 2. The van der Waals surface area contributed by atoms with Crippen molar-refractivity contribution < 1.29 is 13.9 Å². The van der Waals surface area contributed by atoms with Gasteiger partial charge in [0, 0.05) is 18.7 Å². The molecule has 1 aliphatic heterocycles. The molecule has 2 heterocycles. The van der Waals surface area contributed by atoms with E-state index in [2.05, 4.69) is 0 Å². The number of carbonyl (C=O) groups excluding carboxylic acids is 1. The molecule has 2 aromatic carbocycles. The third-order valence-corrected chi connectivity index (χ3v) is 5.53. The van der Waals surface area contributed by atoms with Gasteiger partial charge in [0.05, 0.1) is 25.3 Å². The van der Waals surface area contributed by atoms with Crippen LogP contribution < -0.4 is 4.74 Å². The first-order valence-electron chi connectivity index (χ1n) is 10.2. The van der Waals surface area contributed by atoms with Crippen LogP contribution in [-0.2, 0) is 17.6 Å². The van der Waals surface area contributed by atoms with Gasteiger partial charge in [-0.25, -0.2) is 4.39 Å². The molecular formula is C25H25FN2O2. The van der Waals surface area contributed by atoms with Crippen LogP contribution in [-0.4, -0.2) is 29.4 Å². The van der Waals surface area contributed by atoms with Crippen molar-refractivity contribution in [2.24, 2.45) is 0 Å². The smallest absolute Gasteiger partial charge is 0.227 e. The Hall–Kier alpha value is -3.21. The number of aromatic nitrogens is 1. The summed E-state index contributed by atoms with van der Waals surface area (Å²) in [6.07, 6.45) is 2.81. The molecule has 1 unspecified atom stereocenters. The molecule has 154 valence electrons. The van der Waals surface area contributed by atoms with Crippen molar-refractivity contribution in [3.63, 3.8) is 0 Å². The normalized spacial score (nSPS) is 15.9. The van der Waals surface area contributed by atoms with Gasteiger partial charge in [-0.2, -0.15) is 0 Å². The number of halogens is 1. The molecule has 1 saturated heterocycles. The highest BCUT2D eigenvalue weighted by molar-refractivity contribution is 5.79. The lowest BCUT2D eigenvalue weighted by Gasteiger charge is -2.25. The molecule has 1 atom stereocenters. The summed E-state index contributed by atoms with van der Waals surface area (Å²) in [6.45, 7) is 0.745. The lowest BCUT2D eigenvalue weighted by Crippen LogP contribution is -2.32. The highest BCUT2D eigenvalue weighted by Crippen LogP contribution is 2.31. The molecule has 4 nitrogen and oxygen atoms in total. The maximum atomic E-state index is 13.5. The van der Waals surface area contributed by atoms with Crippen LogP contribution in [0.5, 0.6) is 5.75 Å². The number of ether oxygens (including phenoxy) is 1. The Balaban J connectivity index is 1.47. The van der Waals surface area contributed by atoms with Gasteiger partial charge in [-0.05, 0) is 60.4 Å². The van der Waals surface area contributed by atoms with Gasteiger partial charge in [-0.15, -0.1) is 0 Å². The van der Waals surface area contributed by atoms with Gasteiger partial charge in [-0.3, -0.25) is 9.78 Å². The summed E-state index contributed by atoms with van der Waals surface area (Å²) in [4.78, 5) is 19.7. The molecule has 0 N–H and O–H groups in total. The Morgan fingerprint density at radius 3 is 2.67 bits per heavy atom. The quantitative estimate of drug-likeness (QED) is 0.597. The zero-order chi connectivity index (χ0) is 20.9. The summed E-state index contributed by atoms with van der Waals surface area (Å²) < 4.78 is 18.7. The second-order valence-electron chi connectivity index (χ2n) is 7.63. The fourth-order valence-corrected chi connectivity index (χ4v) is 4.03. The number of rotatable bonds is 6. The molecule has 1 aliphatic rings. The Labute approximate surface area is 176 Å². The topological polar surface area (TPSA) is 42.4 Å². The molecule has 3 aromatic rings. The Morgan fingerprint density at radius 2 is 1.90 bits per heavy atom. The minimum absolute atomic E-state index is 0.0109. The summed E-state index contributed by atoms with van der Waals surface area (Å²) in [5, 5.41) is 0. The number of carbonyl (C=O) groups is 1. The highest BCUT2D eigenvalue weighted by Gasteiger charge is 2.30. The SMILES string of the molecule is COc1ccc(CC(=O)N2CCCC2c2cccc(Cc3cccc(F)c3)n2)cc1. The lowest BCUT2D eigenvalue weighted by molar-refractivity contribution is -0.131. The Morgan fingerprint density at radius 1 is 1.10 bits per heavy atom. The van der Waals surface area contributed by atoms with E-state index in [0.717, 1.165) is 47.7 Å². The molecule has 0 saturated carbocycles. The van der Waals surface area contributed by atoms with Crippen molar-refractivity contribution in [1.82, 2.24) is 9.88 Å². The Kier molecular flexibility index (Phi) is 6.07. The van der Waals surface area contributed by atoms with Gasteiger partial charge in [0.15, 0.2) is 0 Å². The minimum atomic E-state index is -0.241. The van der Waals surface area contributed by atoms with E-state index in [9.17, 15) is 9.18 Å². The third kappa shape index (κ3) is 4.67. The molecule has 4 rings (SSSR count). The van der Waals surface area contributed by atoms with Crippen molar-refractivity contribution in [2.75, 3.05) is 13.7 Å². The molecule has 5 heteroatoms. The average Bonchev–Trinajstić information content (AvgIpc) is 3.25. The zero-order valence-corrected chi connectivity index (χ0v) is 17.1. The van der Waals surface area contributed by atoms with Gasteiger partial charge >= 0.3 is 0 Å². The van der Waals surface area contributed by atoms with Gasteiger partial charge in [0.2, 0.25) is 5.91 Å².